The molecule has 2 heteroatoms. The van der Waals surface area contributed by atoms with Crippen molar-refractivity contribution in [2.24, 2.45) is 5.92 Å². The molecule has 0 spiro atoms. The van der Waals surface area contributed by atoms with E-state index >= 15 is 0 Å². The van der Waals surface area contributed by atoms with Gasteiger partial charge in [-0.2, -0.15) is 0 Å². The van der Waals surface area contributed by atoms with Crippen LogP contribution in [0.2, 0.25) is 0 Å². The summed E-state index contributed by atoms with van der Waals surface area (Å²) in [5.74, 6) is 0.572. The Kier molecular flexibility index (Phi) is 4.04. The van der Waals surface area contributed by atoms with Crippen molar-refractivity contribution < 1.29 is 5.11 Å². The van der Waals surface area contributed by atoms with Gasteiger partial charge in [-0.15, -0.1) is 0 Å². The van der Waals surface area contributed by atoms with E-state index in [1.165, 1.54) is 0 Å². The van der Waals surface area contributed by atoms with E-state index in [1.807, 2.05) is 4.90 Å². The standard InChI is InChI=1S/C9H20NO/c1-8(2)6-10(7-11)9(3,4)5/h8H,6-7H2,1-5H3. The van der Waals surface area contributed by atoms with Crippen LogP contribution in [-0.4, -0.2) is 23.7 Å². The second kappa shape index (κ2) is 4.07. The van der Waals surface area contributed by atoms with E-state index in [1.54, 1.807) is 0 Å². The molecule has 0 aromatic carbocycles. The van der Waals surface area contributed by atoms with Crippen LogP contribution in [0.5, 0.6) is 0 Å². The summed E-state index contributed by atoms with van der Waals surface area (Å²) in [7, 11) is 0. The minimum Gasteiger partial charge on any atom is -0.273 e. The van der Waals surface area contributed by atoms with E-state index in [0.717, 1.165) is 6.54 Å². The van der Waals surface area contributed by atoms with E-state index in [2.05, 4.69) is 34.6 Å². The van der Waals surface area contributed by atoms with E-state index in [-0.39, 0.29) is 12.3 Å². The van der Waals surface area contributed by atoms with Gasteiger partial charge in [0.15, 0.2) is 0 Å². The summed E-state index contributed by atoms with van der Waals surface area (Å²) in [6, 6.07) is 0. The number of hydrogen-bond donors (Lipinski definition) is 0. The molecular weight excluding hydrogens is 138 g/mol. The Morgan fingerprint density at radius 1 is 1.27 bits per heavy atom. The van der Waals surface area contributed by atoms with Crippen LogP contribution in [0.25, 0.3) is 0 Å². The molecule has 0 aromatic rings. The highest BCUT2D eigenvalue weighted by molar-refractivity contribution is 4.74. The molecule has 0 heterocycles. The smallest absolute Gasteiger partial charge is 0.136 e. The van der Waals surface area contributed by atoms with Crippen LogP contribution >= 0.6 is 0 Å². The molecule has 0 fully saturated rings. The zero-order valence-electron chi connectivity index (χ0n) is 8.35. The normalized spacial score (nSPS) is 13.1. The van der Waals surface area contributed by atoms with Crippen molar-refractivity contribution in [1.29, 1.82) is 0 Å². The quantitative estimate of drug-likeness (QED) is 0.577. The lowest BCUT2D eigenvalue weighted by molar-refractivity contribution is -0.0129. The predicted octanol–water partition coefficient (Wildman–Crippen LogP) is 2.13. The van der Waals surface area contributed by atoms with Crippen molar-refractivity contribution in [3.05, 3.63) is 0 Å². The molecule has 67 valence electrons. The molecule has 0 saturated heterocycles. The van der Waals surface area contributed by atoms with Crippen molar-refractivity contribution >= 4 is 0 Å². The molecule has 0 unspecified atom stereocenters. The lowest BCUT2D eigenvalue weighted by Crippen LogP contribution is -2.43. The zero-order valence-corrected chi connectivity index (χ0v) is 8.35. The average molecular weight is 158 g/mol. The minimum absolute atomic E-state index is 0.0199. The van der Waals surface area contributed by atoms with Gasteiger partial charge in [0.05, 0.1) is 0 Å². The molecule has 0 aliphatic carbocycles. The maximum absolute atomic E-state index is 10.7. The molecule has 2 nitrogen and oxygen atoms in total. The molecule has 11 heavy (non-hydrogen) atoms. The summed E-state index contributed by atoms with van der Waals surface area (Å²) in [6.45, 7) is 11.3. The highest BCUT2D eigenvalue weighted by atomic mass is 16.3. The minimum atomic E-state index is -0.0956. The van der Waals surface area contributed by atoms with Crippen LogP contribution in [-0.2, 0) is 5.11 Å². The first-order valence-electron chi connectivity index (χ1n) is 4.21. The van der Waals surface area contributed by atoms with Crippen LogP contribution in [0.4, 0.5) is 0 Å². The maximum atomic E-state index is 10.7. The number of nitrogens with zero attached hydrogens (tertiary/aromatic N) is 1. The largest absolute Gasteiger partial charge is 0.273 e. The molecule has 1 radical (unpaired) electrons. The monoisotopic (exact) mass is 158 g/mol. The topological polar surface area (TPSA) is 23.1 Å². The van der Waals surface area contributed by atoms with Crippen molar-refractivity contribution in [3.63, 3.8) is 0 Å². The molecule has 0 aliphatic heterocycles. The van der Waals surface area contributed by atoms with Crippen LogP contribution in [0, 0.1) is 5.92 Å². The highest BCUT2D eigenvalue weighted by Crippen LogP contribution is 2.13. The van der Waals surface area contributed by atoms with Crippen LogP contribution in [0.1, 0.15) is 34.6 Å². The van der Waals surface area contributed by atoms with E-state index in [9.17, 15) is 5.11 Å². The van der Waals surface area contributed by atoms with Crippen molar-refractivity contribution in [2.75, 3.05) is 13.3 Å². The van der Waals surface area contributed by atoms with Gasteiger partial charge in [-0.3, -0.25) is 4.90 Å². The summed E-state index contributed by atoms with van der Waals surface area (Å²) >= 11 is 0. The highest BCUT2D eigenvalue weighted by Gasteiger charge is 2.20. The third-order valence-electron chi connectivity index (χ3n) is 1.69. The summed E-state index contributed by atoms with van der Waals surface area (Å²) in [4.78, 5) is 1.96. The fraction of sp³-hybridized carbons (Fsp3) is 1.00. The first-order valence-corrected chi connectivity index (χ1v) is 4.21. The Hall–Kier alpha value is -0.0800. The van der Waals surface area contributed by atoms with E-state index < -0.39 is 0 Å². The van der Waals surface area contributed by atoms with Crippen molar-refractivity contribution in [1.82, 2.24) is 4.90 Å². The molecule has 0 amide bonds. The van der Waals surface area contributed by atoms with E-state index in [4.69, 9.17) is 0 Å². The van der Waals surface area contributed by atoms with Gasteiger partial charge in [-0.1, -0.05) is 13.8 Å². The Morgan fingerprint density at radius 2 is 1.73 bits per heavy atom. The fourth-order valence-electron chi connectivity index (χ4n) is 0.961. The SMILES string of the molecule is CC(C)CN(C[O])C(C)(C)C. The Morgan fingerprint density at radius 3 is 1.82 bits per heavy atom. The number of rotatable bonds is 3. The molecule has 0 aliphatic rings. The molecule has 0 saturated carbocycles. The van der Waals surface area contributed by atoms with Gasteiger partial charge in [0.2, 0.25) is 0 Å². The first-order chi connectivity index (χ1) is 4.88. The summed E-state index contributed by atoms with van der Waals surface area (Å²) in [5, 5.41) is 10.7. The fourth-order valence-corrected chi connectivity index (χ4v) is 0.961. The zero-order chi connectivity index (χ0) is 9.07. The molecule has 0 N–H and O–H groups in total. The van der Waals surface area contributed by atoms with Crippen LogP contribution in [0.15, 0.2) is 0 Å². The predicted molar refractivity (Wildman–Crippen MR) is 46.9 cm³/mol. The van der Waals surface area contributed by atoms with Crippen molar-refractivity contribution in [2.45, 2.75) is 40.2 Å². The average Bonchev–Trinajstić information content (AvgIpc) is 1.79. The third kappa shape index (κ3) is 4.38. The van der Waals surface area contributed by atoms with Gasteiger partial charge in [0, 0.05) is 12.1 Å². The van der Waals surface area contributed by atoms with Gasteiger partial charge in [0.1, 0.15) is 6.73 Å². The Balaban J connectivity index is 3.96. The first kappa shape index (κ1) is 10.9. The van der Waals surface area contributed by atoms with Gasteiger partial charge in [0.25, 0.3) is 0 Å². The number of hydrogen-bond acceptors (Lipinski definition) is 1. The Labute approximate surface area is 70.2 Å². The van der Waals surface area contributed by atoms with Crippen LogP contribution < -0.4 is 0 Å². The van der Waals surface area contributed by atoms with Gasteiger partial charge in [-0.25, -0.2) is 5.11 Å². The van der Waals surface area contributed by atoms with E-state index in [0.29, 0.717) is 5.92 Å². The summed E-state index contributed by atoms with van der Waals surface area (Å²) in [5.41, 5.74) is 0.0199. The lowest BCUT2D eigenvalue weighted by atomic mass is 10.0. The van der Waals surface area contributed by atoms with Crippen LogP contribution in [0.3, 0.4) is 0 Å². The second-order valence-corrected chi connectivity index (χ2v) is 4.42. The summed E-state index contributed by atoms with van der Waals surface area (Å²) in [6.07, 6.45) is 0. The Bertz CT molecular complexity index is 105. The third-order valence-corrected chi connectivity index (χ3v) is 1.69. The molecule has 0 aromatic heterocycles. The molecule has 0 atom stereocenters. The van der Waals surface area contributed by atoms with Crippen molar-refractivity contribution in [3.8, 4) is 0 Å². The van der Waals surface area contributed by atoms with Gasteiger partial charge >= 0.3 is 0 Å². The maximum Gasteiger partial charge on any atom is 0.136 e. The lowest BCUT2D eigenvalue weighted by Gasteiger charge is -2.34. The molecule has 0 bridgehead atoms. The molecule has 0 rings (SSSR count). The summed E-state index contributed by atoms with van der Waals surface area (Å²) < 4.78 is 0. The second-order valence-electron chi connectivity index (χ2n) is 4.42. The van der Waals surface area contributed by atoms with Gasteiger partial charge < -0.3 is 0 Å². The molecular formula is C9H20NO. The van der Waals surface area contributed by atoms with Gasteiger partial charge in [-0.05, 0) is 26.7 Å².